The summed E-state index contributed by atoms with van der Waals surface area (Å²) in [6, 6.07) is 19.6. The number of benzene rings is 2. The van der Waals surface area contributed by atoms with Crippen LogP contribution in [-0.2, 0) is 7.05 Å². The van der Waals surface area contributed by atoms with Crippen LogP contribution in [0.15, 0.2) is 60.7 Å². The highest BCUT2D eigenvalue weighted by Gasteiger charge is 2.25. The van der Waals surface area contributed by atoms with Gasteiger partial charge >= 0.3 is 0 Å². The number of halogens is 1. The van der Waals surface area contributed by atoms with Crippen LogP contribution in [-0.4, -0.2) is 46.8 Å². The molecule has 0 bridgehead atoms. The van der Waals surface area contributed by atoms with Crippen molar-refractivity contribution in [1.29, 1.82) is 0 Å². The third kappa shape index (κ3) is 3.55. The quantitative estimate of drug-likeness (QED) is 0.695. The molecule has 3 aromatic rings. The van der Waals surface area contributed by atoms with Crippen LogP contribution in [0.25, 0.3) is 11.3 Å². The molecule has 0 aliphatic carbocycles. The van der Waals surface area contributed by atoms with E-state index in [2.05, 4.69) is 10.00 Å². The van der Waals surface area contributed by atoms with Gasteiger partial charge in [-0.1, -0.05) is 54.1 Å². The first-order valence-electron chi connectivity index (χ1n) is 9.02. The molecule has 0 radical (unpaired) electrons. The molecule has 2 aromatic carbocycles. The Kier molecular flexibility index (Phi) is 4.86. The number of nitrogens with zero attached hydrogens (tertiary/aromatic N) is 4. The summed E-state index contributed by atoms with van der Waals surface area (Å²) in [7, 11) is 1.82. The number of carbonyl (C=O) groups is 1. The van der Waals surface area contributed by atoms with Gasteiger partial charge in [0.15, 0.2) is 0 Å². The number of anilines is 1. The summed E-state index contributed by atoms with van der Waals surface area (Å²) in [5.74, 6) is 0.0194. The van der Waals surface area contributed by atoms with E-state index in [4.69, 9.17) is 11.6 Å². The van der Waals surface area contributed by atoms with E-state index in [1.165, 1.54) is 0 Å². The van der Waals surface area contributed by atoms with Crippen LogP contribution in [0.1, 0.15) is 10.5 Å². The number of hydrogen-bond donors (Lipinski definition) is 0. The second-order valence-electron chi connectivity index (χ2n) is 6.64. The second kappa shape index (κ2) is 7.45. The topological polar surface area (TPSA) is 41.4 Å². The maximum atomic E-state index is 13.0. The maximum absolute atomic E-state index is 13.0. The minimum Gasteiger partial charge on any atom is -0.367 e. The molecule has 5 nitrogen and oxygen atoms in total. The lowest BCUT2D eigenvalue weighted by Crippen LogP contribution is -2.49. The van der Waals surface area contributed by atoms with E-state index in [9.17, 15) is 4.79 Å². The van der Waals surface area contributed by atoms with Crippen LogP contribution in [0.2, 0.25) is 5.02 Å². The molecule has 1 aromatic heterocycles. The number of para-hydroxylation sites is 1. The molecule has 1 aliphatic rings. The Hall–Kier alpha value is -2.79. The fraction of sp³-hybridized carbons (Fsp3) is 0.238. The van der Waals surface area contributed by atoms with Crippen molar-refractivity contribution in [1.82, 2.24) is 14.7 Å². The number of aromatic nitrogens is 2. The first-order valence-corrected chi connectivity index (χ1v) is 9.39. The van der Waals surface area contributed by atoms with Crippen LogP contribution >= 0.6 is 11.6 Å². The van der Waals surface area contributed by atoms with E-state index >= 15 is 0 Å². The van der Waals surface area contributed by atoms with E-state index in [0.29, 0.717) is 18.8 Å². The molecule has 1 aliphatic heterocycles. The summed E-state index contributed by atoms with van der Waals surface area (Å²) >= 11 is 6.30. The molecular weight excluding hydrogens is 360 g/mol. The monoisotopic (exact) mass is 380 g/mol. The molecule has 4 rings (SSSR count). The normalized spacial score (nSPS) is 14.4. The standard InChI is InChI=1S/C21H21ClN4O/c1-24-20(15-18(23-24)16-7-3-2-4-8-16)21(27)26-13-11-25(12-14-26)19-10-6-5-9-17(19)22/h2-10,15H,11-14H2,1H3. The van der Waals surface area contributed by atoms with Crippen LogP contribution in [0.4, 0.5) is 5.69 Å². The highest BCUT2D eigenvalue weighted by atomic mass is 35.5. The highest BCUT2D eigenvalue weighted by Crippen LogP contribution is 2.26. The zero-order valence-corrected chi connectivity index (χ0v) is 15.9. The summed E-state index contributed by atoms with van der Waals surface area (Å²) in [5.41, 5.74) is 3.46. The van der Waals surface area contributed by atoms with Gasteiger partial charge in [0, 0.05) is 38.8 Å². The molecule has 1 saturated heterocycles. The van der Waals surface area contributed by atoms with Crippen molar-refractivity contribution < 1.29 is 4.79 Å². The number of piperazine rings is 1. The fourth-order valence-corrected chi connectivity index (χ4v) is 3.69. The Balaban J connectivity index is 1.47. The Morgan fingerprint density at radius 1 is 0.963 bits per heavy atom. The van der Waals surface area contributed by atoms with Crippen LogP contribution < -0.4 is 4.90 Å². The van der Waals surface area contributed by atoms with Gasteiger partial charge in [-0.15, -0.1) is 0 Å². The Morgan fingerprint density at radius 3 is 2.33 bits per heavy atom. The number of hydrogen-bond acceptors (Lipinski definition) is 3. The fourth-order valence-electron chi connectivity index (χ4n) is 3.44. The van der Waals surface area contributed by atoms with Gasteiger partial charge in [-0.05, 0) is 18.2 Å². The number of rotatable bonds is 3. The molecule has 0 saturated carbocycles. The lowest BCUT2D eigenvalue weighted by Gasteiger charge is -2.36. The molecule has 27 heavy (non-hydrogen) atoms. The molecule has 2 heterocycles. The molecule has 138 valence electrons. The highest BCUT2D eigenvalue weighted by molar-refractivity contribution is 6.33. The zero-order valence-electron chi connectivity index (χ0n) is 15.2. The van der Waals surface area contributed by atoms with E-state index in [0.717, 1.165) is 35.1 Å². The van der Waals surface area contributed by atoms with Gasteiger partial charge in [0.05, 0.1) is 16.4 Å². The van der Waals surface area contributed by atoms with E-state index in [1.54, 1.807) is 4.68 Å². The van der Waals surface area contributed by atoms with Crippen molar-refractivity contribution in [3.63, 3.8) is 0 Å². The van der Waals surface area contributed by atoms with Crippen molar-refractivity contribution >= 4 is 23.2 Å². The summed E-state index contributed by atoms with van der Waals surface area (Å²) in [4.78, 5) is 17.1. The molecule has 6 heteroatoms. The van der Waals surface area contributed by atoms with Gasteiger partial charge in [-0.25, -0.2) is 0 Å². The second-order valence-corrected chi connectivity index (χ2v) is 7.04. The van der Waals surface area contributed by atoms with Crippen LogP contribution in [0.5, 0.6) is 0 Å². The van der Waals surface area contributed by atoms with Crippen molar-refractivity contribution in [2.24, 2.45) is 7.05 Å². The van der Waals surface area contributed by atoms with Crippen LogP contribution in [0.3, 0.4) is 0 Å². The average molecular weight is 381 g/mol. The van der Waals surface area contributed by atoms with Crippen molar-refractivity contribution in [3.05, 3.63) is 71.4 Å². The Morgan fingerprint density at radius 2 is 1.63 bits per heavy atom. The van der Waals surface area contributed by atoms with Gasteiger partial charge in [0.2, 0.25) is 0 Å². The van der Waals surface area contributed by atoms with E-state index < -0.39 is 0 Å². The Bertz CT molecular complexity index is 946. The minimum atomic E-state index is 0.0194. The molecule has 0 atom stereocenters. The third-order valence-electron chi connectivity index (χ3n) is 4.93. The molecular formula is C21H21ClN4O. The first-order chi connectivity index (χ1) is 13.1. The van der Waals surface area contributed by atoms with E-state index in [1.807, 2.05) is 72.6 Å². The molecule has 0 N–H and O–H groups in total. The zero-order chi connectivity index (χ0) is 18.8. The molecule has 1 fully saturated rings. The number of amides is 1. The predicted molar refractivity (Wildman–Crippen MR) is 108 cm³/mol. The first kappa shape index (κ1) is 17.6. The Labute approximate surface area is 163 Å². The van der Waals surface area contributed by atoms with Crippen molar-refractivity contribution in [2.75, 3.05) is 31.1 Å². The molecule has 0 spiro atoms. The average Bonchev–Trinajstić information content (AvgIpc) is 3.10. The van der Waals surface area contributed by atoms with Gasteiger partial charge < -0.3 is 9.80 Å². The summed E-state index contributed by atoms with van der Waals surface area (Å²) in [6.45, 7) is 2.85. The molecule has 0 unspecified atom stereocenters. The number of aryl methyl sites for hydroxylation is 1. The van der Waals surface area contributed by atoms with Gasteiger partial charge in [-0.3, -0.25) is 9.48 Å². The summed E-state index contributed by atoms with van der Waals surface area (Å²) in [5, 5.41) is 5.26. The van der Waals surface area contributed by atoms with E-state index in [-0.39, 0.29) is 5.91 Å². The van der Waals surface area contributed by atoms with Gasteiger partial charge in [-0.2, -0.15) is 5.10 Å². The smallest absolute Gasteiger partial charge is 0.272 e. The van der Waals surface area contributed by atoms with Crippen molar-refractivity contribution in [3.8, 4) is 11.3 Å². The lowest BCUT2D eigenvalue weighted by atomic mass is 10.1. The molecule has 1 amide bonds. The maximum Gasteiger partial charge on any atom is 0.272 e. The largest absolute Gasteiger partial charge is 0.367 e. The van der Waals surface area contributed by atoms with Gasteiger partial charge in [0.25, 0.3) is 5.91 Å². The number of carbonyl (C=O) groups excluding carboxylic acids is 1. The lowest BCUT2D eigenvalue weighted by molar-refractivity contribution is 0.0735. The van der Waals surface area contributed by atoms with Crippen LogP contribution in [0, 0.1) is 0 Å². The summed E-state index contributed by atoms with van der Waals surface area (Å²) in [6.07, 6.45) is 0. The third-order valence-corrected chi connectivity index (χ3v) is 5.25. The minimum absolute atomic E-state index is 0.0194. The summed E-state index contributed by atoms with van der Waals surface area (Å²) < 4.78 is 1.67. The van der Waals surface area contributed by atoms with Crippen molar-refractivity contribution in [2.45, 2.75) is 0 Å². The van der Waals surface area contributed by atoms with Gasteiger partial charge in [0.1, 0.15) is 5.69 Å². The predicted octanol–water partition coefficient (Wildman–Crippen LogP) is 3.70. The SMILES string of the molecule is Cn1nc(-c2ccccc2)cc1C(=O)N1CCN(c2ccccc2Cl)CC1.